The molecule has 0 amide bonds. The molecule has 4 atom stereocenters. The van der Waals surface area contributed by atoms with E-state index in [1.54, 1.807) is 0 Å². The number of rotatable bonds is 19. The zero-order valence-corrected chi connectivity index (χ0v) is 39.1. The topological polar surface area (TPSA) is 127 Å². The molecule has 0 saturated heterocycles. The van der Waals surface area contributed by atoms with Crippen LogP contribution in [0.2, 0.25) is 0 Å². The van der Waals surface area contributed by atoms with Gasteiger partial charge in [-0.05, 0) is 118 Å². The minimum Gasteiger partial charge on any atom is -0.461 e. The van der Waals surface area contributed by atoms with Crippen molar-refractivity contribution in [2.24, 2.45) is 17.8 Å². The number of H-pyrrole nitrogens is 2. The number of esters is 3. The number of nitrogens with one attached hydrogen (secondary N) is 2. The number of hydrogen-bond acceptors (Lipinski definition) is 7. The number of nitrogens with zero attached hydrogens (tertiary/aromatic N) is 2. The van der Waals surface area contributed by atoms with E-state index in [1.165, 1.54) is 50.5 Å². The van der Waals surface area contributed by atoms with Crippen LogP contribution in [0.1, 0.15) is 212 Å². The fourth-order valence-corrected chi connectivity index (χ4v) is 9.66. The minimum atomic E-state index is -0.732. The van der Waals surface area contributed by atoms with Crippen molar-refractivity contribution in [2.45, 2.75) is 158 Å². The van der Waals surface area contributed by atoms with E-state index in [9.17, 15) is 14.4 Å². The molecule has 2 aromatic rings. The van der Waals surface area contributed by atoms with E-state index in [0.29, 0.717) is 34.3 Å². The Kier molecular flexibility index (Phi) is 15.3. The summed E-state index contributed by atoms with van der Waals surface area (Å²) in [5.74, 6) is 0.198. The Balaban J connectivity index is 1.20. The zero-order valence-electron chi connectivity index (χ0n) is 39.1. The third-order valence-electron chi connectivity index (χ3n) is 13.7. The van der Waals surface area contributed by atoms with Crippen molar-refractivity contribution in [1.29, 1.82) is 0 Å². The maximum absolute atomic E-state index is 13.8. The number of carbonyl (C=O) groups is 3. The van der Waals surface area contributed by atoms with E-state index in [2.05, 4.69) is 71.9 Å². The van der Waals surface area contributed by atoms with E-state index in [0.717, 1.165) is 87.8 Å². The van der Waals surface area contributed by atoms with Crippen LogP contribution in [0.5, 0.6) is 0 Å². The smallest absolute Gasteiger partial charge is 0.349 e. The predicted octanol–water partition coefficient (Wildman–Crippen LogP) is 13.7. The quantitative estimate of drug-likeness (QED) is 0.0819. The highest BCUT2D eigenvalue weighted by Gasteiger charge is 2.38. The van der Waals surface area contributed by atoms with Crippen LogP contribution in [0.15, 0.2) is 42.5 Å². The van der Waals surface area contributed by atoms with Crippen LogP contribution in [0.3, 0.4) is 0 Å². The third-order valence-corrected chi connectivity index (χ3v) is 13.7. The number of aromatic amines is 2. The van der Waals surface area contributed by atoms with E-state index >= 15 is 0 Å². The van der Waals surface area contributed by atoms with Gasteiger partial charge in [0.2, 0.25) is 0 Å². The van der Waals surface area contributed by atoms with Crippen molar-refractivity contribution in [3.05, 3.63) is 93.4 Å². The Morgan fingerprint density at radius 2 is 1.48 bits per heavy atom. The van der Waals surface area contributed by atoms with E-state index < -0.39 is 11.9 Å². The minimum absolute atomic E-state index is 0.136. The summed E-state index contributed by atoms with van der Waals surface area (Å²) in [6.07, 6.45) is 16.5. The van der Waals surface area contributed by atoms with Gasteiger partial charge < -0.3 is 19.4 Å². The number of hydrogen-bond donors (Lipinski definition) is 2. The molecule has 62 heavy (non-hydrogen) atoms. The largest absolute Gasteiger partial charge is 0.461 e. The predicted molar refractivity (Wildman–Crippen MR) is 252 cm³/mol. The molecule has 4 unspecified atom stereocenters. The van der Waals surface area contributed by atoms with Crippen LogP contribution in [-0.2, 0) is 14.3 Å². The Hall–Kier alpha value is -5.05. The SMILES string of the molecule is C=CC1=C(C)c2cc3[nH]c(c4c5[nH]c(cc6nc(cc1n2)C(C)=C6CC)c(C)c5C(=O)OC4=O)C(CCC(=O)OCC=C(C)CCCC(C)CCCC(C)CCCC(C)C)C3C. The first-order valence-electron chi connectivity index (χ1n) is 23.3. The van der Waals surface area contributed by atoms with Crippen molar-refractivity contribution >= 4 is 51.2 Å². The molecule has 0 fully saturated rings. The Labute approximate surface area is 369 Å². The van der Waals surface area contributed by atoms with E-state index in [4.69, 9.17) is 19.4 Å². The standard InChI is InChI=1S/C53H70N4O5/c1-12-38-34(8)41-27-43-36(10)40(23-24-47(58)61-26-25-33(7)22-16-21-32(6)20-15-19-31(5)18-14-17-30(3)4)50(56-43)49-51-48(52(59)62-53(49)60)37(11)44(57-51)29-46-39(13-2)35(9)42(55-46)28-45(38)54-41/h12,25,27-32,36,40,56-57H,1,13-24,26H2,2-11H3. The molecule has 0 aromatic carbocycles. The molecule has 0 radical (unpaired) electrons. The number of allylic oxidation sites excluding steroid dienone is 6. The molecular weight excluding hydrogens is 773 g/mol. The van der Waals surface area contributed by atoms with Crippen LogP contribution in [0.4, 0.5) is 0 Å². The highest BCUT2D eigenvalue weighted by atomic mass is 16.6. The first-order valence-corrected chi connectivity index (χ1v) is 23.3. The summed E-state index contributed by atoms with van der Waals surface area (Å²) in [5, 5.41) is 0. The lowest BCUT2D eigenvalue weighted by Crippen LogP contribution is -2.21. The van der Waals surface area contributed by atoms with Gasteiger partial charge in [-0.1, -0.05) is 105 Å². The summed E-state index contributed by atoms with van der Waals surface area (Å²) >= 11 is 0. The van der Waals surface area contributed by atoms with Gasteiger partial charge in [0.15, 0.2) is 0 Å². The second kappa shape index (κ2) is 20.4. The number of fused-ring (bicyclic) bond motifs is 8. The maximum atomic E-state index is 13.8. The molecule has 4 aliphatic rings. The Bertz CT molecular complexity index is 2370. The molecule has 0 saturated carbocycles. The first-order chi connectivity index (χ1) is 29.6. The van der Waals surface area contributed by atoms with Crippen LogP contribution >= 0.6 is 0 Å². The van der Waals surface area contributed by atoms with Gasteiger partial charge >= 0.3 is 17.9 Å². The van der Waals surface area contributed by atoms with Crippen molar-refractivity contribution < 1.29 is 23.9 Å². The molecule has 9 nitrogen and oxygen atoms in total. The molecule has 9 heteroatoms. The van der Waals surface area contributed by atoms with E-state index in [1.807, 2.05) is 44.2 Å². The first kappa shape index (κ1) is 46.5. The number of cyclic esters (lactones) is 2. The molecule has 0 spiro atoms. The molecule has 6 rings (SSSR count). The molecular formula is C53H70N4O5. The lowest BCUT2D eigenvalue weighted by atomic mass is 9.85. The molecule has 2 aromatic heterocycles. The zero-order chi connectivity index (χ0) is 44.8. The molecule has 2 N–H and O–H groups in total. The average Bonchev–Trinajstić information content (AvgIpc) is 3.89. The van der Waals surface area contributed by atoms with E-state index in [-0.39, 0.29) is 36.4 Å². The van der Waals surface area contributed by atoms with Gasteiger partial charge in [-0.15, -0.1) is 0 Å². The van der Waals surface area contributed by atoms with Crippen LogP contribution in [0, 0.1) is 24.7 Å². The molecule has 6 heterocycles. The highest BCUT2D eigenvalue weighted by molar-refractivity contribution is 6.18. The van der Waals surface area contributed by atoms with Crippen LogP contribution in [-0.4, -0.2) is 44.5 Å². The molecule has 8 bridgehead atoms. The molecule has 4 aliphatic heterocycles. The normalized spacial score (nSPS) is 18.0. The highest BCUT2D eigenvalue weighted by Crippen LogP contribution is 2.44. The van der Waals surface area contributed by atoms with Crippen molar-refractivity contribution in [3.8, 4) is 0 Å². The number of carbonyl (C=O) groups excluding carboxylic acids is 3. The second-order valence-electron chi connectivity index (χ2n) is 18.9. The fraction of sp³-hybridized carbons (Fsp3) is 0.528. The summed E-state index contributed by atoms with van der Waals surface area (Å²) in [6, 6.07) is 5.99. The monoisotopic (exact) mass is 843 g/mol. The van der Waals surface area contributed by atoms with Crippen LogP contribution in [0.25, 0.3) is 33.3 Å². The van der Waals surface area contributed by atoms with Gasteiger partial charge in [0.25, 0.3) is 0 Å². The fourth-order valence-electron chi connectivity index (χ4n) is 9.66. The van der Waals surface area contributed by atoms with Crippen LogP contribution < -0.4 is 0 Å². The molecule has 332 valence electrons. The van der Waals surface area contributed by atoms with Crippen molar-refractivity contribution in [3.63, 3.8) is 0 Å². The Morgan fingerprint density at radius 1 is 0.839 bits per heavy atom. The number of ether oxygens (including phenoxy) is 2. The lowest BCUT2D eigenvalue weighted by Gasteiger charge is -2.19. The van der Waals surface area contributed by atoms with Crippen molar-refractivity contribution in [2.75, 3.05) is 6.61 Å². The summed E-state index contributed by atoms with van der Waals surface area (Å²) in [6.45, 7) is 26.0. The molecule has 0 aliphatic carbocycles. The summed E-state index contributed by atoms with van der Waals surface area (Å²) in [4.78, 5) is 57.7. The summed E-state index contributed by atoms with van der Waals surface area (Å²) in [5.41, 5.74) is 12.3. The summed E-state index contributed by atoms with van der Waals surface area (Å²) in [7, 11) is 0. The van der Waals surface area contributed by atoms with Gasteiger partial charge in [-0.3, -0.25) is 4.79 Å². The summed E-state index contributed by atoms with van der Waals surface area (Å²) < 4.78 is 11.2. The lowest BCUT2D eigenvalue weighted by molar-refractivity contribution is -0.142. The number of aryl methyl sites for hydroxylation is 1. The Morgan fingerprint density at radius 3 is 2.16 bits per heavy atom. The van der Waals surface area contributed by atoms with Crippen molar-refractivity contribution in [1.82, 2.24) is 19.9 Å². The third kappa shape index (κ3) is 10.4. The maximum Gasteiger partial charge on any atom is 0.349 e. The van der Waals surface area contributed by atoms with Gasteiger partial charge in [-0.2, -0.15) is 0 Å². The second-order valence-corrected chi connectivity index (χ2v) is 18.9. The number of aromatic nitrogens is 4. The van der Waals surface area contributed by atoms with Gasteiger partial charge in [0.05, 0.1) is 33.9 Å². The van der Waals surface area contributed by atoms with Gasteiger partial charge in [0.1, 0.15) is 12.2 Å². The average molecular weight is 843 g/mol. The van der Waals surface area contributed by atoms with Gasteiger partial charge in [0, 0.05) is 40.7 Å². The van der Waals surface area contributed by atoms with Gasteiger partial charge in [-0.25, -0.2) is 19.6 Å².